The highest BCUT2D eigenvalue weighted by Crippen LogP contribution is 2.28. The topological polar surface area (TPSA) is 56.2 Å². The third-order valence-electron chi connectivity index (χ3n) is 4.76. The fourth-order valence-corrected chi connectivity index (χ4v) is 3.53. The Morgan fingerprint density at radius 1 is 1.21 bits per heavy atom. The first kappa shape index (κ1) is 21.2. The summed E-state index contributed by atoms with van der Waals surface area (Å²) < 4.78 is 7.64. The van der Waals surface area contributed by atoms with Crippen LogP contribution in [0.2, 0.25) is 10.0 Å². The van der Waals surface area contributed by atoms with Gasteiger partial charge in [0.1, 0.15) is 12.4 Å². The average molecular weight is 432 g/mol. The lowest BCUT2D eigenvalue weighted by Crippen LogP contribution is -2.27. The minimum absolute atomic E-state index is 0.127. The summed E-state index contributed by atoms with van der Waals surface area (Å²) in [5, 5.41) is 8.39. The van der Waals surface area contributed by atoms with Gasteiger partial charge in [0.25, 0.3) is 5.91 Å². The van der Waals surface area contributed by atoms with E-state index in [1.807, 2.05) is 43.8 Å². The molecule has 29 heavy (non-hydrogen) atoms. The van der Waals surface area contributed by atoms with Gasteiger partial charge in [0.05, 0.1) is 17.3 Å². The van der Waals surface area contributed by atoms with Crippen LogP contribution in [0.4, 0.5) is 0 Å². The van der Waals surface area contributed by atoms with Gasteiger partial charge in [0.2, 0.25) is 0 Å². The molecule has 0 fully saturated rings. The summed E-state index contributed by atoms with van der Waals surface area (Å²) in [7, 11) is 0. The number of hydrogen-bond donors (Lipinski definition) is 1. The first-order valence-corrected chi connectivity index (χ1v) is 10.1. The van der Waals surface area contributed by atoms with Gasteiger partial charge < -0.3 is 10.1 Å². The van der Waals surface area contributed by atoms with Crippen molar-refractivity contribution in [1.82, 2.24) is 15.1 Å². The zero-order chi connectivity index (χ0) is 21.0. The maximum atomic E-state index is 12.6. The van der Waals surface area contributed by atoms with Crippen molar-refractivity contribution in [2.45, 2.75) is 40.0 Å². The standard InChI is InChI=1S/C22H23Cl2N3O2/c1-4-27-15(3)19(12-25-27)14(2)26-22(28)17-7-5-16(6-8-17)13-29-21-10-9-18(23)11-20(21)24/h5-12,14H,4,13H2,1-3H3,(H,26,28). The SMILES string of the molecule is CCn1ncc(C(C)NC(=O)c2ccc(COc3ccc(Cl)cc3Cl)cc2)c1C. The lowest BCUT2D eigenvalue weighted by atomic mass is 10.1. The number of carbonyl (C=O) groups excluding carboxylic acids is 1. The van der Waals surface area contributed by atoms with E-state index in [0.29, 0.717) is 28.0 Å². The number of nitrogens with zero attached hydrogens (tertiary/aromatic N) is 2. The van der Waals surface area contributed by atoms with Gasteiger partial charge >= 0.3 is 0 Å². The molecule has 1 amide bonds. The molecule has 0 bridgehead atoms. The Balaban J connectivity index is 1.60. The molecular formula is C22H23Cl2N3O2. The van der Waals surface area contributed by atoms with Crippen molar-refractivity contribution >= 4 is 29.1 Å². The summed E-state index contributed by atoms with van der Waals surface area (Å²) in [5.74, 6) is 0.434. The van der Waals surface area contributed by atoms with E-state index >= 15 is 0 Å². The van der Waals surface area contributed by atoms with Gasteiger partial charge in [0, 0.05) is 28.4 Å². The minimum Gasteiger partial charge on any atom is -0.487 e. The van der Waals surface area contributed by atoms with Crippen LogP contribution in [0.1, 0.15) is 47.1 Å². The van der Waals surface area contributed by atoms with E-state index in [1.54, 1.807) is 30.3 Å². The lowest BCUT2D eigenvalue weighted by Gasteiger charge is -2.14. The predicted molar refractivity (Wildman–Crippen MR) is 116 cm³/mol. The number of benzene rings is 2. The van der Waals surface area contributed by atoms with Gasteiger partial charge in [0.15, 0.2) is 0 Å². The zero-order valence-electron chi connectivity index (χ0n) is 16.6. The maximum Gasteiger partial charge on any atom is 0.251 e. The molecule has 1 heterocycles. The van der Waals surface area contributed by atoms with E-state index in [1.165, 1.54) is 0 Å². The van der Waals surface area contributed by atoms with Crippen LogP contribution in [0.25, 0.3) is 0 Å². The molecule has 1 atom stereocenters. The molecule has 1 aromatic heterocycles. The number of amides is 1. The van der Waals surface area contributed by atoms with Crippen LogP contribution in [0, 0.1) is 6.92 Å². The fraction of sp³-hybridized carbons (Fsp3) is 0.273. The van der Waals surface area contributed by atoms with Crippen LogP contribution < -0.4 is 10.1 Å². The molecule has 0 saturated heterocycles. The molecule has 0 aliphatic rings. The first-order valence-electron chi connectivity index (χ1n) is 9.39. The predicted octanol–water partition coefficient (Wildman–Crippen LogP) is 5.59. The number of ether oxygens (including phenoxy) is 1. The van der Waals surface area contributed by atoms with Crippen molar-refractivity contribution in [1.29, 1.82) is 0 Å². The molecule has 0 radical (unpaired) electrons. The largest absolute Gasteiger partial charge is 0.487 e. The third kappa shape index (κ3) is 5.11. The molecule has 0 spiro atoms. The number of halogens is 2. The summed E-state index contributed by atoms with van der Waals surface area (Å²) >= 11 is 12.0. The summed E-state index contributed by atoms with van der Waals surface area (Å²) in [6, 6.07) is 12.3. The van der Waals surface area contributed by atoms with Crippen molar-refractivity contribution in [2.75, 3.05) is 0 Å². The van der Waals surface area contributed by atoms with Gasteiger partial charge in [-0.2, -0.15) is 5.10 Å². The minimum atomic E-state index is -0.130. The highest BCUT2D eigenvalue weighted by atomic mass is 35.5. The van der Waals surface area contributed by atoms with Crippen molar-refractivity contribution in [3.05, 3.63) is 81.1 Å². The van der Waals surface area contributed by atoms with E-state index in [2.05, 4.69) is 10.4 Å². The number of nitrogens with one attached hydrogen (secondary N) is 1. The molecule has 0 aliphatic carbocycles. The van der Waals surface area contributed by atoms with Gasteiger partial charge in [-0.25, -0.2) is 0 Å². The second kappa shape index (κ2) is 9.33. The smallest absolute Gasteiger partial charge is 0.251 e. The van der Waals surface area contributed by atoms with Crippen molar-refractivity contribution in [3.63, 3.8) is 0 Å². The van der Waals surface area contributed by atoms with E-state index in [9.17, 15) is 4.79 Å². The molecule has 1 unspecified atom stereocenters. The summed E-state index contributed by atoms with van der Waals surface area (Å²) in [5.41, 5.74) is 3.60. The summed E-state index contributed by atoms with van der Waals surface area (Å²) in [6.45, 7) is 7.15. The number of aryl methyl sites for hydroxylation is 1. The number of carbonyl (C=O) groups is 1. The Kier molecular flexibility index (Phi) is 6.83. The van der Waals surface area contributed by atoms with Gasteiger partial charge in [-0.05, 0) is 56.7 Å². The van der Waals surface area contributed by atoms with Crippen molar-refractivity contribution in [2.24, 2.45) is 0 Å². The van der Waals surface area contributed by atoms with E-state index < -0.39 is 0 Å². The molecule has 2 aromatic carbocycles. The monoisotopic (exact) mass is 431 g/mol. The second-order valence-electron chi connectivity index (χ2n) is 6.76. The molecule has 5 nitrogen and oxygen atoms in total. The highest BCUT2D eigenvalue weighted by Gasteiger charge is 2.16. The molecule has 3 rings (SSSR count). The van der Waals surface area contributed by atoms with Crippen LogP contribution >= 0.6 is 23.2 Å². The highest BCUT2D eigenvalue weighted by molar-refractivity contribution is 6.35. The van der Waals surface area contributed by atoms with Crippen molar-refractivity contribution < 1.29 is 9.53 Å². The van der Waals surface area contributed by atoms with Crippen LogP contribution in [0.3, 0.4) is 0 Å². The molecule has 1 N–H and O–H groups in total. The Morgan fingerprint density at radius 2 is 1.93 bits per heavy atom. The van der Waals surface area contributed by atoms with E-state index in [0.717, 1.165) is 23.4 Å². The summed E-state index contributed by atoms with van der Waals surface area (Å²) in [4.78, 5) is 12.6. The quantitative estimate of drug-likeness (QED) is 0.530. The fourth-order valence-electron chi connectivity index (χ4n) is 3.07. The van der Waals surface area contributed by atoms with E-state index in [4.69, 9.17) is 27.9 Å². The van der Waals surface area contributed by atoms with Crippen LogP contribution in [0.15, 0.2) is 48.7 Å². The first-order chi connectivity index (χ1) is 13.9. The molecule has 152 valence electrons. The Hall–Kier alpha value is -2.50. The number of aromatic nitrogens is 2. The van der Waals surface area contributed by atoms with E-state index in [-0.39, 0.29) is 11.9 Å². The molecule has 0 saturated carbocycles. The van der Waals surface area contributed by atoms with Gasteiger partial charge in [-0.1, -0.05) is 35.3 Å². The molecule has 0 aliphatic heterocycles. The normalized spacial score (nSPS) is 11.9. The maximum absolute atomic E-state index is 12.6. The molecular weight excluding hydrogens is 409 g/mol. The molecule has 3 aromatic rings. The van der Waals surface area contributed by atoms with Gasteiger partial charge in [-0.3, -0.25) is 9.48 Å². The Labute approximate surface area is 180 Å². The summed E-state index contributed by atoms with van der Waals surface area (Å²) in [6.07, 6.45) is 1.81. The zero-order valence-corrected chi connectivity index (χ0v) is 18.1. The third-order valence-corrected chi connectivity index (χ3v) is 5.29. The Morgan fingerprint density at radius 3 is 2.55 bits per heavy atom. The second-order valence-corrected chi connectivity index (χ2v) is 7.60. The van der Waals surface area contributed by atoms with Crippen LogP contribution in [0.5, 0.6) is 5.75 Å². The van der Waals surface area contributed by atoms with Crippen molar-refractivity contribution in [3.8, 4) is 5.75 Å². The van der Waals surface area contributed by atoms with Crippen LogP contribution in [-0.2, 0) is 13.2 Å². The lowest BCUT2D eigenvalue weighted by molar-refractivity contribution is 0.0939. The molecule has 7 heteroatoms. The average Bonchev–Trinajstić information content (AvgIpc) is 3.08. The number of hydrogen-bond acceptors (Lipinski definition) is 3. The van der Waals surface area contributed by atoms with Crippen LogP contribution in [-0.4, -0.2) is 15.7 Å². The number of rotatable bonds is 7. The Bertz CT molecular complexity index is 1000. The van der Waals surface area contributed by atoms with Gasteiger partial charge in [-0.15, -0.1) is 0 Å².